The summed E-state index contributed by atoms with van der Waals surface area (Å²) in [6.07, 6.45) is 7.80. The van der Waals surface area contributed by atoms with E-state index in [4.69, 9.17) is 5.73 Å². The Hall–Kier alpha value is -0.830. The van der Waals surface area contributed by atoms with Gasteiger partial charge in [-0.2, -0.15) is 0 Å². The molecule has 1 fully saturated rings. The molecule has 1 aromatic heterocycles. The molecule has 0 bridgehead atoms. The molecule has 2 unspecified atom stereocenters. The molecule has 2 N–H and O–H groups in total. The van der Waals surface area contributed by atoms with Gasteiger partial charge in [0.25, 0.3) is 0 Å². The molecule has 1 heterocycles. The van der Waals surface area contributed by atoms with Crippen LogP contribution in [0.1, 0.15) is 31.1 Å². The maximum Gasteiger partial charge on any atom is 0.105 e. The summed E-state index contributed by atoms with van der Waals surface area (Å²) in [4.78, 5) is 4.25. The number of nitrogens with two attached hydrogens (primary N) is 1. The number of aryl methyl sites for hydroxylation is 1. The topological polar surface area (TPSA) is 43.8 Å². The standard InChI is InChI=1S/C10H17N3/c1-8-12-5-6-13(8)10-4-2-3-9(10)7-11/h5-6,9-10H,2-4,7,11H2,1H3. The third kappa shape index (κ3) is 1.48. The van der Waals surface area contributed by atoms with E-state index in [2.05, 4.69) is 22.7 Å². The van der Waals surface area contributed by atoms with Crippen LogP contribution in [0.15, 0.2) is 12.4 Å². The molecule has 0 radical (unpaired) electrons. The predicted molar refractivity (Wildman–Crippen MR) is 52.4 cm³/mol. The van der Waals surface area contributed by atoms with Crippen molar-refractivity contribution in [2.75, 3.05) is 6.54 Å². The lowest BCUT2D eigenvalue weighted by Crippen LogP contribution is -2.21. The summed E-state index contributed by atoms with van der Waals surface area (Å²) in [5.74, 6) is 1.78. The fraction of sp³-hybridized carbons (Fsp3) is 0.700. The Morgan fingerprint density at radius 1 is 1.62 bits per heavy atom. The molecule has 0 spiro atoms. The fourth-order valence-electron chi connectivity index (χ4n) is 2.40. The third-order valence-corrected chi connectivity index (χ3v) is 3.14. The zero-order valence-corrected chi connectivity index (χ0v) is 8.11. The number of hydrogen-bond donors (Lipinski definition) is 1. The SMILES string of the molecule is Cc1nccn1C1CCCC1CN. The molecule has 1 aromatic rings. The van der Waals surface area contributed by atoms with E-state index < -0.39 is 0 Å². The summed E-state index contributed by atoms with van der Waals surface area (Å²) in [5.41, 5.74) is 5.75. The van der Waals surface area contributed by atoms with E-state index in [1.165, 1.54) is 19.3 Å². The molecule has 72 valence electrons. The lowest BCUT2D eigenvalue weighted by molar-refractivity contribution is 0.381. The molecule has 13 heavy (non-hydrogen) atoms. The molecule has 3 heteroatoms. The van der Waals surface area contributed by atoms with Gasteiger partial charge in [0, 0.05) is 18.4 Å². The molecule has 1 saturated carbocycles. The van der Waals surface area contributed by atoms with Crippen molar-refractivity contribution < 1.29 is 0 Å². The van der Waals surface area contributed by atoms with Gasteiger partial charge in [0.1, 0.15) is 5.82 Å². The maximum atomic E-state index is 5.75. The van der Waals surface area contributed by atoms with E-state index >= 15 is 0 Å². The summed E-state index contributed by atoms with van der Waals surface area (Å²) in [5, 5.41) is 0. The average Bonchev–Trinajstić information content (AvgIpc) is 2.71. The first-order valence-electron chi connectivity index (χ1n) is 5.02. The first-order chi connectivity index (χ1) is 6.33. The monoisotopic (exact) mass is 179 g/mol. The first-order valence-corrected chi connectivity index (χ1v) is 5.02. The Morgan fingerprint density at radius 3 is 3.08 bits per heavy atom. The van der Waals surface area contributed by atoms with Gasteiger partial charge in [0.15, 0.2) is 0 Å². The van der Waals surface area contributed by atoms with Crippen molar-refractivity contribution in [2.24, 2.45) is 11.7 Å². The summed E-state index contributed by atoms with van der Waals surface area (Å²) < 4.78 is 2.28. The van der Waals surface area contributed by atoms with Crippen LogP contribution < -0.4 is 5.73 Å². The van der Waals surface area contributed by atoms with E-state index in [0.29, 0.717) is 12.0 Å². The van der Waals surface area contributed by atoms with Gasteiger partial charge in [-0.1, -0.05) is 6.42 Å². The van der Waals surface area contributed by atoms with Crippen molar-refractivity contribution in [1.29, 1.82) is 0 Å². The Bertz CT molecular complexity index is 279. The van der Waals surface area contributed by atoms with E-state index in [-0.39, 0.29) is 0 Å². The predicted octanol–water partition coefficient (Wildman–Crippen LogP) is 1.49. The van der Waals surface area contributed by atoms with Crippen LogP contribution in [0.4, 0.5) is 0 Å². The second kappa shape index (κ2) is 3.50. The minimum Gasteiger partial charge on any atom is -0.332 e. The van der Waals surface area contributed by atoms with Crippen molar-refractivity contribution in [2.45, 2.75) is 32.2 Å². The maximum absolute atomic E-state index is 5.75. The molecule has 2 atom stereocenters. The summed E-state index contributed by atoms with van der Waals surface area (Å²) in [6, 6.07) is 0.604. The van der Waals surface area contributed by atoms with Gasteiger partial charge in [-0.25, -0.2) is 4.98 Å². The molecule has 0 amide bonds. The zero-order chi connectivity index (χ0) is 9.26. The van der Waals surface area contributed by atoms with Crippen LogP contribution in [0.3, 0.4) is 0 Å². The van der Waals surface area contributed by atoms with Crippen LogP contribution in [-0.4, -0.2) is 16.1 Å². The van der Waals surface area contributed by atoms with Gasteiger partial charge in [0.05, 0.1) is 0 Å². The minimum atomic E-state index is 0.604. The second-order valence-electron chi connectivity index (χ2n) is 3.88. The van der Waals surface area contributed by atoms with Gasteiger partial charge in [-0.15, -0.1) is 0 Å². The van der Waals surface area contributed by atoms with Crippen LogP contribution >= 0.6 is 0 Å². The molecule has 2 rings (SSSR count). The highest BCUT2D eigenvalue weighted by Crippen LogP contribution is 2.35. The Labute approximate surface area is 79.0 Å². The lowest BCUT2D eigenvalue weighted by Gasteiger charge is -2.20. The molecular formula is C10H17N3. The molecule has 3 nitrogen and oxygen atoms in total. The molecule has 0 saturated heterocycles. The van der Waals surface area contributed by atoms with Gasteiger partial charge < -0.3 is 10.3 Å². The number of hydrogen-bond acceptors (Lipinski definition) is 2. The fourth-order valence-corrected chi connectivity index (χ4v) is 2.40. The summed E-state index contributed by atoms with van der Waals surface area (Å²) in [7, 11) is 0. The molecule has 1 aliphatic rings. The largest absolute Gasteiger partial charge is 0.332 e. The quantitative estimate of drug-likeness (QED) is 0.747. The van der Waals surface area contributed by atoms with Crippen molar-refractivity contribution in [3.05, 3.63) is 18.2 Å². The van der Waals surface area contributed by atoms with Crippen LogP contribution in [0.5, 0.6) is 0 Å². The zero-order valence-electron chi connectivity index (χ0n) is 8.11. The minimum absolute atomic E-state index is 0.604. The van der Waals surface area contributed by atoms with Gasteiger partial charge >= 0.3 is 0 Å². The van der Waals surface area contributed by atoms with E-state index in [1.807, 2.05) is 6.20 Å². The summed E-state index contributed by atoms with van der Waals surface area (Å²) in [6.45, 7) is 2.87. The van der Waals surface area contributed by atoms with Crippen LogP contribution in [-0.2, 0) is 0 Å². The number of rotatable bonds is 2. The average molecular weight is 179 g/mol. The van der Waals surface area contributed by atoms with Gasteiger partial charge in [0.2, 0.25) is 0 Å². The normalized spacial score (nSPS) is 28.2. The van der Waals surface area contributed by atoms with Gasteiger partial charge in [-0.3, -0.25) is 0 Å². The first kappa shape index (κ1) is 8.75. The van der Waals surface area contributed by atoms with Crippen LogP contribution in [0.25, 0.3) is 0 Å². The highest BCUT2D eigenvalue weighted by molar-refractivity contribution is 4.96. The highest BCUT2D eigenvalue weighted by atomic mass is 15.1. The van der Waals surface area contributed by atoms with E-state index in [1.54, 1.807) is 0 Å². The lowest BCUT2D eigenvalue weighted by atomic mass is 10.0. The molecular weight excluding hydrogens is 162 g/mol. The number of nitrogens with zero attached hydrogens (tertiary/aromatic N) is 2. The Morgan fingerprint density at radius 2 is 2.46 bits per heavy atom. The Balaban J connectivity index is 2.20. The van der Waals surface area contributed by atoms with Crippen molar-refractivity contribution in [3.63, 3.8) is 0 Å². The highest BCUT2D eigenvalue weighted by Gasteiger charge is 2.27. The second-order valence-corrected chi connectivity index (χ2v) is 3.88. The van der Waals surface area contributed by atoms with Crippen molar-refractivity contribution in [3.8, 4) is 0 Å². The number of imidazole rings is 1. The third-order valence-electron chi connectivity index (χ3n) is 3.14. The Kier molecular flexibility index (Phi) is 2.36. The van der Waals surface area contributed by atoms with E-state index in [0.717, 1.165) is 12.4 Å². The molecule has 1 aliphatic carbocycles. The van der Waals surface area contributed by atoms with Crippen LogP contribution in [0.2, 0.25) is 0 Å². The van der Waals surface area contributed by atoms with Gasteiger partial charge in [-0.05, 0) is 32.2 Å². The smallest absolute Gasteiger partial charge is 0.105 e. The van der Waals surface area contributed by atoms with Crippen LogP contribution in [0, 0.1) is 12.8 Å². The van der Waals surface area contributed by atoms with Crippen molar-refractivity contribution >= 4 is 0 Å². The van der Waals surface area contributed by atoms with E-state index in [9.17, 15) is 0 Å². The summed E-state index contributed by atoms with van der Waals surface area (Å²) >= 11 is 0. The van der Waals surface area contributed by atoms with Crippen molar-refractivity contribution in [1.82, 2.24) is 9.55 Å². The number of aromatic nitrogens is 2. The molecule has 0 aromatic carbocycles. The molecule has 0 aliphatic heterocycles.